The van der Waals surface area contributed by atoms with Gasteiger partial charge in [-0.05, 0) is 43.6 Å². The van der Waals surface area contributed by atoms with Crippen LogP contribution in [0.1, 0.15) is 64.4 Å². The first kappa shape index (κ1) is 17.0. The van der Waals surface area contributed by atoms with Gasteiger partial charge in [-0.2, -0.15) is 0 Å². The van der Waals surface area contributed by atoms with E-state index in [2.05, 4.69) is 36.9 Å². The lowest BCUT2D eigenvalue weighted by atomic mass is 10.1. The summed E-state index contributed by atoms with van der Waals surface area (Å²) >= 11 is 0. The molecule has 0 aromatic heterocycles. The molecule has 0 radical (unpaired) electrons. The van der Waals surface area contributed by atoms with Crippen molar-refractivity contribution in [2.75, 3.05) is 18.8 Å². The highest BCUT2D eigenvalue weighted by molar-refractivity contribution is 5.40. The molecule has 1 rings (SSSR count). The van der Waals surface area contributed by atoms with Gasteiger partial charge in [0.25, 0.3) is 0 Å². The van der Waals surface area contributed by atoms with Crippen molar-refractivity contribution >= 4 is 5.69 Å². The van der Waals surface area contributed by atoms with E-state index in [0.717, 1.165) is 12.2 Å². The Morgan fingerprint density at radius 2 is 1.65 bits per heavy atom. The molecule has 0 atom stereocenters. The number of hydrogen-bond acceptors (Lipinski definition) is 2. The summed E-state index contributed by atoms with van der Waals surface area (Å²) in [6, 6.07) is 8.30. The Morgan fingerprint density at radius 3 is 2.35 bits per heavy atom. The molecule has 20 heavy (non-hydrogen) atoms. The summed E-state index contributed by atoms with van der Waals surface area (Å²) in [5.74, 6) is 0. The maximum atomic E-state index is 5.86. The van der Waals surface area contributed by atoms with E-state index in [-0.39, 0.29) is 0 Å². The predicted octanol–water partition coefficient (Wildman–Crippen LogP) is 4.84. The fourth-order valence-electron chi connectivity index (χ4n) is 2.65. The lowest BCUT2D eigenvalue weighted by Gasteiger charge is -2.22. The molecule has 1 aromatic carbocycles. The summed E-state index contributed by atoms with van der Waals surface area (Å²) in [7, 11) is 0. The topological polar surface area (TPSA) is 29.3 Å². The van der Waals surface area contributed by atoms with Crippen LogP contribution in [0.3, 0.4) is 0 Å². The van der Waals surface area contributed by atoms with Crippen LogP contribution in [0.25, 0.3) is 0 Å². The largest absolute Gasteiger partial charge is 0.399 e. The van der Waals surface area contributed by atoms with Gasteiger partial charge in [-0.25, -0.2) is 0 Å². The van der Waals surface area contributed by atoms with E-state index in [1.807, 2.05) is 6.07 Å². The summed E-state index contributed by atoms with van der Waals surface area (Å²) in [6.45, 7) is 7.97. The van der Waals surface area contributed by atoms with Crippen LogP contribution < -0.4 is 5.73 Å². The van der Waals surface area contributed by atoms with Crippen LogP contribution >= 0.6 is 0 Å². The Morgan fingerprint density at radius 1 is 0.900 bits per heavy atom. The number of benzene rings is 1. The molecule has 1 aromatic rings. The zero-order chi connectivity index (χ0) is 14.6. The van der Waals surface area contributed by atoms with Crippen LogP contribution in [-0.4, -0.2) is 18.0 Å². The van der Waals surface area contributed by atoms with Crippen molar-refractivity contribution in [3.05, 3.63) is 29.8 Å². The molecule has 2 N–H and O–H groups in total. The van der Waals surface area contributed by atoms with Crippen molar-refractivity contribution in [3.8, 4) is 0 Å². The van der Waals surface area contributed by atoms with Crippen molar-refractivity contribution in [2.24, 2.45) is 0 Å². The van der Waals surface area contributed by atoms with Gasteiger partial charge in [0.15, 0.2) is 0 Å². The van der Waals surface area contributed by atoms with Gasteiger partial charge in [-0.3, -0.25) is 4.90 Å². The summed E-state index contributed by atoms with van der Waals surface area (Å²) < 4.78 is 0. The molecule has 0 amide bonds. The molecule has 0 bridgehead atoms. The molecular weight excluding hydrogens is 244 g/mol. The minimum absolute atomic E-state index is 0.874. The number of nitrogen functional groups attached to an aromatic ring is 1. The third-order valence-corrected chi connectivity index (χ3v) is 3.72. The molecule has 0 spiro atoms. The Kier molecular flexibility index (Phi) is 9.14. The molecule has 0 aliphatic heterocycles. The zero-order valence-corrected chi connectivity index (χ0v) is 13.4. The second kappa shape index (κ2) is 10.7. The standard InChI is InChI=1S/C18H32N2/c1-3-5-6-7-8-9-14-20(13-4-2)16-17-11-10-12-18(19)15-17/h10-12,15H,3-9,13-14,16,19H2,1-2H3. The maximum absolute atomic E-state index is 5.86. The smallest absolute Gasteiger partial charge is 0.0317 e. The number of nitrogens with two attached hydrogens (primary N) is 1. The Hall–Kier alpha value is -1.02. The number of rotatable bonds is 11. The molecule has 2 nitrogen and oxygen atoms in total. The lowest BCUT2D eigenvalue weighted by Crippen LogP contribution is -2.25. The molecule has 0 unspecified atom stereocenters. The van der Waals surface area contributed by atoms with Crippen LogP contribution in [0, 0.1) is 0 Å². The number of hydrogen-bond donors (Lipinski definition) is 1. The minimum atomic E-state index is 0.874. The quantitative estimate of drug-likeness (QED) is 0.463. The molecule has 0 saturated carbocycles. The molecule has 0 saturated heterocycles. The van der Waals surface area contributed by atoms with E-state index >= 15 is 0 Å². The second-order valence-corrected chi connectivity index (χ2v) is 5.79. The van der Waals surface area contributed by atoms with Gasteiger partial charge in [0.1, 0.15) is 0 Å². The summed E-state index contributed by atoms with van der Waals surface area (Å²) in [5.41, 5.74) is 8.07. The van der Waals surface area contributed by atoms with Crippen LogP contribution in [-0.2, 0) is 6.54 Å². The van der Waals surface area contributed by atoms with Crippen LogP contribution in [0.5, 0.6) is 0 Å². The van der Waals surface area contributed by atoms with Crippen molar-refractivity contribution in [3.63, 3.8) is 0 Å². The van der Waals surface area contributed by atoms with E-state index in [0.29, 0.717) is 0 Å². The Bertz CT molecular complexity index is 349. The van der Waals surface area contributed by atoms with E-state index < -0.39 is 0 Å². The fourth-order valence-corrected chi connectivity index (χ4v) is 2.65. The molecule has 114 valence electrons. The van der Waals surface area contributed by atoms with E-state index in [1.54, 1.807) is 0 Å². The van der Waals surface area contributed by atoms with Gasteiger partial charge < -0.3 is 5.73 Å². The average Bonchev–Trinajstić information content (AvgIpc) is 2.43. The first-order valence-corrected chi connectivity index (χ1v) is 8.33. The van der Waals surface area contributed by atoms with Crippen LogP contribution in [0.4, 0.5) is 5.69 Å². The van der Waals surface area contributed by atoms with E-state index in [4.69, 9.17) is 5.73 Å². The van der Waals surface area contributed by atoms with Gasteiger partial charge >= 0.3 is 0 Å². The normalized spacial score (nSPS) is 11.2. The third kappa shape index (κ3) is 7.54. The second-order valence-electron chi connectivity index (χ2n) is 5.79. The third-order valence-electron chi connectivity index (χ3n) is 3.72. The number of anilines is 1. The highest BCUT2D eigenvalue weighted by Crippen LogP contribution is 2.12. The highest BCUT2D eigenvalue weighted by Gasteiger charge is 2.05. The molecular formula is C18H32N2. The SMILES string of the molecule is CCCCCCCCN(CCC)Cc1cccc(N)c1. The van der Waals surface area contributed by atoms with Crippen LogP contribution in [0.2, 0.25) is 0 Å². The average molecular weight is 276 g/mol. The number of nitrogens with zero attached hydrogens (tertiary/aromatic N) is 1. The van der Waals surface area contributed by atoms with Gasteiger partial charge in [0, 0.05) is 12.2 Å². The van der Waals surface area contributed by atoms with Gasteiger partial charge in [0.05, 0.1) is 0 Å². The summed E-state index contributed by atoms with van der Waals surface area (Å²) in [5, 5.41) is 0. The first-order valence-electron chi connectivity index (χ1n) is 8.33. The van der Waals surface area contributed by atoms with Crippen molar-refractivity contribution < 1.29 is 0 Å². The lowest BCUT2D eigenvalue weighted by molar-refractivity contribution is 0.259. The molecule has 0 aliphatic carbocycles. The Labute approximate surface area is 125 Å². The monoisotopic (exact) mass is 276 g/mol. The van der Waals surface area contributed by atoms with Crippen molar-refractivity contribution in [1.29, 1.82) is 0 Å². The molecule has 0 aliphatic rings. The van der Waals surface area contributed by atoms with Crippen molar-refractivity contribution in [1.82, 2.24) is 4.90 Å². The summed E-state index contributed by atoms with van der Waals surface area (Å²) in [6.07, 6.45) is 9.44. The summed E-state index contributed by atoms with van der Waals surface area (Å²) in [4.78, 5) is 2.56. The predicted molar refractivity (Wildman–Crippen MR) is 89.8 cm³/mol. The van der Waals surface area contributed by atoms with Gasteiger partial charge in [-0.15, -0.1) is 0 Å². The van der Waals surface area contributed by atoms with Crippen molar-refractivity contribution in [2.45, 2.75) is 65.3 Å². The van der Waals surface area contributed by atoms with Crippen LogP contribution in [0.15, 0.2) is 24.3 Å². The zero-order valence-electron chi connectivity index (χ0n) is 13.4. The van der Waals surface area contributed by atoms with Gasteiger partial charge in [-0.1, -0.05) is 58.1 Å². The first-order chi connectivity index (χ1) is 9.76. The Balaban J connectivity index is 2.29. The molecule has 2 heteroatoms. The fraction of sp³-hybridized carbons (Fsp3) is 0.667. The van der Waals surface area contributed by atoms with E-state index in [9.17, 15) is 0 Å². The molecule has 0 fully saturated rings. The highest BCUT2D eigenvalue weighted by atomic mass is 15.1. The number of unbranched alkanes of at least 4 members (excludes halogenated alkanes) is 5. The van der Waals surface area contributed by atoms with Gasteiger partial charge in [0.2, 0.25) is 0 Å². The van der Waals surface area contributed by atoms with E-state index in [1.165, 1.54) is 63.6 Å². The minimum Gasteiger partial charge on any atom is -0.399 e. The maximum Gasteiger partial charge on any atom is 0.0317 e. The molecule has 0 heterocycles.